The standard InChI is InChI=1S/C14H25NO3S/c1-10(12-5-6-19(17,18)9-12)3-4-11(2)13-7-14(16)15-8-13/h10-13H,3-9H2,1-2H3,(H,15,16)/t10?,11?,12?,13-/m0/s1. The molecular formula is C14H25NO3S. The van der Waals surface area contributed by atoms with Crippen molar-refractivity contribution in [2.75, 3.05) is 18.1 Å². The first-order valence-electron chi connectivity index (χ1n) is 7.34. The van der Waals surface area contributed by atoms with Crippen LogP contribution in [0.15, 0.2) is 0 Å². The van der Waals surface area contributed by atoms with Crippen LogP contribution in [0.25, 0.3) is 0 Å². The van der Waals surface area contributed by atoms with Gasteiger partial charge in [0.1, 0.15) is 0 Å². The van der Waals surface area contributed by atoms with Crippen molar-refractivity contribution in [3.8, 4) is 0 Å². The van der Waals surface area contributed by atoms with E-state index in [-0.39, 0.29) is 5.91 Å². The van der Waals surface area contributed by atoms with Crippen molar-refractivity contribution in [1.82, 2.24) is 5.32 Å². The first-order valence-corrected chi connectivity index (χ1v) is 9.16. The molecule has 2 aliphatic heterocycles. The molecule has 1 N–H and O–H groups in total. The molecule has 0 saturated carbocycles. The van der Waals surface area contributed by atoms with E-state index in [1.54, 1.807) is 0 Å². The molecular weight excluding hydrogens is 262 g/mol. The molecule has 0 aromatic carbocycles. The molecule has 2 aliphatic rings. The Morgan fingerprint density at radius 3 is 2.32 bits per heavy atom. The molecule has 2 heterocycles. The predicted octanol–water partition coefficient (Wildman–Crippen LogP) is 1.61. The van der Waals surface area contributed by atoms with Gasteiger partial charge < -0.3 is 5.32 Å². The lowest BCUT2D eigenvalue weighted by atomic mass is 9.83. The minimum Gasteiger partial charge on any atom is -0.356 e. The Labute approximate surface area is 116 Å². The monoisotopic (exact) mass is 287 g/mol. The summed E-state index contributed by atoms with van der Waals surface area (Å²) in [6.45, 7) is 5.20. The highest BCUT2D eigenvalue weighted by atomic mass is 32.2. The van der Waals surface area contributed by atoms with Gasteiger partial charge in [0.05, 0.1) is 11.5 Å². The van der Waals surface area contributed by atoms with E-state index in [4.69, 9.17) is 0 Å². The zero-order valence-corrected chi connectivity index (χ0v) is 12.7. The Balaban J connectivity index is 1.74. The second-order valence-electron chi connectivity index (χ2n) is 6.46. The maximum Gasteiger partial charge on any atom is 0.220 e. The number of amides is 1. The number of rotatable bonds is 5. The lowest BCUT2D eigenvalue weighted by Gasteiger charge is -2.22. The lowest BCUT2D eigenvalue weighted by molar-refractivity contribution is -0.119. The van der Waals surface area contributed by atoms with Crippen LogP contribution >= 0.6 is 0 Å². The molecule has 1 amide bonds. The van der Waals surface area contributed by atoms with Crippen molar-refractivity contribution in [3.05, 3.63) is 0 Å². The average Bonchev–Trinajstić information content (AvgIpc) is 2.91. The van der Waals surface area contributed by atoms with Gasteiger partial charge in [-0.05, 0) is 30.1 Å². The van der Waals surface area contributed by atoms with Gasteiger partial charge in [-0.3, -0.25) is 4.79 Å². The highest BCUT2D eigenvalue weighted by Crippen LogP contribution is 2.31. The fourth-order valence-electron chi connectivity index (χ4n) is 3.30. The maximum absolute atomic E-state index is 11.5. The zero-order chi connectivity index (χ0) is 14.0. The molecule has 4 nitrogen and oxygen atoms in total. The topological polar surface area (TPSA) is 63.2 Å². The third-order valence-corrected chi connectivity index (χ3v) is 6.76. The van der Waals surface area contributed by atoms with Gasteiger partial charge in [0.15, 0.2) is 9.84 Å². The van der Waals surface area contributed by atoms with Gasteiger partial charge in [0, 0.05) is 13.0 Å². The molecule has 5 heteroatoms. The number of carbonyl (C=O) groups excluding carboxylic acids is 1. The second-order valence-corrected chi connectivity index (χ2v) is 8.69. The third kappa shape index (κ3) is 3.94. The Hall–Kier alpha value is -0.580. The molecule has 0 spiro atoms. The van der Waals surface area contributed by atoms with Crippen molar-refractivity contribution in [3.63, 3.8) is 0 Å². The van der Waals surface area contributed by atoms with E-state index in [0.717, 1.165) is 25.8 Å². The van der Waals surface area contributed by atoms with Crippen LogP contribution in [0.1, 0.15) is 39.5 Å². The van der Waals surface area contributed by atoms with Gasteiger partial charge in [-0.15, -0.1) is 0 Å². The van der Waals surface area contributed by atoms with Crippen LogP contribution in [0.5, 0.6) is 0 Å². The van der Waals surface area contributed by atoms with E-state index in [0.29, 0.717) is 41.6 Å². The Kier molecular flexibility index (Phi) is 4.54. The van der Waals surface area contributed by atoms with Crippen molar-refractivity contribution in [1.29, 1.82) is 0 Å². The van der Waals surface area contributed by atoms with Crippen molar-refractivity contribution >= 4 is 15.7 Å². The first-order chi connectivity index (χ1) is 8.87. The summed E-state index contributed by atoms with van der Waals surface area (Å²) >= 11 is 0. The van der Waals surface area contributed by atoms with Crippen LogP contribution in [-0.4, -0.2) is 32.4 Å². The van der Waals surface area contributed by atoms with E-state index in [2.05, 4.69) is 19.2 Å². The molecule has 4 atom stereocenters. The van der Waals surface area contributed by atoms with E-state index in [1.165, 1.54) is 0 Å². The van der Waals surface area contributed by atoms with Crippen LogP contribution in [-0.2, 0) is 14.6 Å². The van der Waals surface area contributed by atoms with Gasteiger partial charge in [-0.1, -0.05) is 26.7 Å². The highest BCUT2D eigenvalue weighted by molar-refractivity contribution is 7.91. The number of carbonyl (C=O) groups is 1. The van der Waals surface area contributed by atoms with E-state index >= 15 is 0 Å². The second kappa shape index (κ2) is 5.81. The van der Waals surface area contributed by atoms with Crippen LogP contribution in [0.3, 0.4) is 0 Å². The van der Waals surface area contributed by atoms with Crippen LogP contribution in [0, 0.1) is 23.7 Å². The third-order valence-electron chi connectivity index (χ3n) is 4.96. The molecule has 2 saturated heterocycles. The van der Waals surface area contributed by atoms with Gasteiger partial charge in [-0.25, -0.2) is 8.42 Å². The zero-order valence-electron chi connectivity index (χ0n) is 11.9. The normalized spacial score (nSPS) is 33.1. The summed E-state index contributed by atoms with van der Waals surface area (Å²) in [4.78, 5) is 11.2. The largest absolute Gasteiger partial charge is 0.356 e. The highest BCUT2D eigenvalue weighted by Gasteiger charge is 2.32. The summed E-state index contributed by atoms with van der Waals surface area (Å²) in [7, 11) is -2.76. The fourth-order valence-corrected chi connectivity index (χ4v) is 5.28. The summed E-state index contributed by atoms with van der Waals surface area (Å²) < 4.78 is 23.0. The van der Waals surface area contributed by atoms with E-state index < -0.39 is 9.84 Å². The molecule has 0 bridgehead atoms. The summed E-state index contributed by atoms with van der Waals surface area (Å²) in [5.41, 5.74) is 0. The first kappa shape index (κ1) is 14.8. The van der Waals surface area contributed by atoms with E-state index in [1.807, 2.05) is 0 Å². The summed E-state index contributed by atoms with van der Waals surface area (Å²) in [5.74, 6) is 2.76. The number of hydrogen-bond acceptors (Lipinski definition) is 3. The molecule has 19 heavy (non-hydrogen) atoms. The predicted molar refractivity (Wildman–Crippen MR) is 75.4 cm³/mol. The molecule has 110 valence electrons. The number of nitrogens with one attached hydrogen (secondary N) is 1. The molecule has 0 radical (unpaired) electrons. The fraction of sp³-hybridized carbons (Fsp3) is 0.929. The quantitative estimate of drug-likeness (QED) is 0.835. The van der Waals surface area contributed by atoms with Crippen LogP contribution in [0.4, 0.5) is 0 Å². The van der Waals surface area contributed by atoms with Gasteiger partial charge in [0.25, 0.3) is 0 Å². The van der Waals surface area contributed by atoms with Crippen LogP contribution < -0.4 is 5.32 Å². The summed E-state index contributed by atoms with van der Waals surface area (Å²) in [6, 6.07) is 0. The van der Waals surface area contributed by atoms with Gasteiger partial charge in [-0.2, -0.15) is 0 Å². The molecule has 3 unspecified atom stereocenters. The van der Waals surface area contributed by atoms with Crippen LogP contribution in [0.2, 0.25) is 0 Å². The summed E-state index contributed by atoms with van der Waals surface area (Å²) in [5, 5.41) is 2.89. The molecule has 0 aliphatic carbocycles. The Morgan fingerprint density at radius 2 is 1.84 bits per heavy atom. The maximum atomic E-state index is 11.5. The molecule has 0 aromatic rings. The Morgan fingerprint density at radius 1 is 1.21 bits per heavy atom. The van der Waals surface area contributed by atoms with Crippen molar-refractivity contribution in [2.45, 2.75) is 39.5 Å². The molecule has 2 rings (SSSR count). The molecule has 0 aromatic heterocycles. The average molecular weight is 287 g/mol. The van der Waals surface area contributed by atoms with Crippen molar-refractivity contribution in [2.24, 2.45) is 23.7 Å². The lowest BCUT2D eigenvalue weighted by Crippen LogP contribution is -2.19. The number of sulfone groups is 1. The SMILES string of the molecule is CC(CCC(C)[C@@H]1CNC(=O)C1)C1CCS(=O)(=O)C1. The Bertz CT molecular complexity index is 432. The summed E-state index contributed by atoms with van der Waals surface area (Å²) in [6.07, 6.45) is 3.66. The van der Waals surface area contributed by atoms with E-state index in [9.17, 15) is 13.2 Å². The minimum atomic E-state index is -2.76. The van der Waals surface area contributed by atoms with Gasteiger partial charge >= 0.3 is 0 Å². The van der Waals surface area contributed by atoms with Gasteiger partial charge in [0.2, 0.25) is 5.91 Å². The minimum absolute atomic E-state index is 0.173. The molecule has 2 fully saturated rings. The number of hydrogen-bond donors (Lipinski definition) is 1. The van der Waals surface area contributed by atoms with Crippen molar-refractivity contribution < 1.29 is 13.2 Å². The smallest absolute Gasteiger partial charge is 0.220 e.